The molecule has 0 bridgehead atoms. The minimum absolute atomic E-state index is 0.991. The van der Waals surface area contributed by atoms with E-state index in [2.05, 4.69) is 208 Å². The van der Waals surface area contributed by atoms with Crippen LogP contribution in [0.25, 0.3) is 75.8 Å². The molecule has 4 nitrogen and oxygen atoms in total. The molecule has 3 heterocycles. The Morgan fingerprint density at radius 2 is 0.870 bits per heavy atom. The van der Waals surface area contributed by atoms with Crippen LogP contribution in [0, 0.1) is 0 Å². The second-order valence-electron chi connectivity index (χ2n) is 13.7. The average Bonchev–Trinajstić information content (AvgIpc) is 3.91. The van der Waals surface area contributed by atoms with Gasteiger partial charge in [-0.3, -0.25) is 4.57 Å². The van der Waals surface area contributed by atoms with Gasteiger partial charge in [0, 0.05) is 44.3 Å². The molecule has 3 aromatic heterocycles. The van der Waals surface area contributed by atoms with Gasteiger partial charge >= 0.3 is 0 Å². The van der Waals surface area contributed by atoms with E-state index in [4.69, 9.17) is 4.98 Å². The van der Waals surface area contributed by atoms with E-state index in [1.54, 1.807) is 11.3 Å². The number of hydrogen-bond acceptors (Lipinski definition) is 3. The van der Waals surface area contributed by atoms with Crippen LogP contribution in [-0.4, -0.2) is 14.1 Å². The van der Waals surface area contributed by atoms with Crippen molar-refractivity contribution in [1.82, 2.24) is 14.1 Å². The maximum Gasteiger partial charge on any atom is 0.195 e. The number of para-hydroxylation sites is 5. The Kier molecular flexibility index (Phi) is 7.00. The Morgan fingerprint density at radius 3 is 1.48 bits per heavy atom. The molecule has 0 fully saturated rings. The smallest absolute Gasteiger partial charge is 0.195 e. The molecule has 0 aliphatic rings. The standard InChI is InChI=1S/C49H32N4S/c1-3-13-35(14-4-1)51(36-15-5-2-6-16-36)37-25-27-38(28-26-37)52-44-20-10-7-17-39(44)41-31-33(23-29-46(41)52)34-24-30-47-42(32-34)40-18-8-11-21-45(40)53(47)49-50-43-19-9-12-22-48(43)54-49/h1-32H. The number of benzene rings is 8. The predicted molar refractivity (Wildman–Crippen MR) is 228 cm³/mol. The maximum absolute atomic E-state index is 5.04. The predicted octanol–water partition coefficient (Wildman–Crippen LogP) is 13.6. The van der Waals surface area contributed by atoms with Gasteiger partial charge in [0.1, 0.15) is 0 Å². The Hall–Kier alpha value is -6.95. The number of rotatable bonds is 6. The van der Waals surface area contributed by atoms with Gasteiger partial charge in [0.2, 0.25) is 0 Å². The highest BCUT2D eigenvalue weighted by molar-refractivity contribution is 7.20. The fourth-order valence-electron chi connectivity index (χ4n) is 8.10. The van der Waals surface area contributed by atoms with Gasteiger partial charge < -0.3 is 9.47 Å². The molecule has 11 aromatic rings. The lowest BCUT2D eigenvalue weighted by Crippen LogP contribution is -2.09. The Labute approximate surface area is 316 Å². The summed E-state index contributed by atoms with van der Waals surface area (Å²) in [4.78, 5) is 7.34. The molecule has 0 amide bonds. The molecular formula is C49H32N4S. The molecule has 0 saturated carbocycles. The van der Waals surface area contributed by atoms with Gasteiger partial charge in [-0.25, -0.2) is 4.98 Å². The first-order valence-electron chi connectivity index (χ1n) is 18.2. The lowest BCUT2D eigenvalue weighted by Gasteiger charge is -2.25. The first-order chi connectivity index (χ1) is 26.8. The van der Waals surface area contributed by atoms with Gasteiger partial charge in [0.05, 0.1) is 32.3 Å². The van der Waals surface area contributed by atoms with E-state index >= 15 is 0 Å². The van der Waals surface area contributed by atoms with E-state index in [9.17, 15) is 0 Å². The summed E-state index contributed by atoms with van der Waals surface area (Å²) in [7, 11) is 0. The molecular weight excluding hydrogens is 677 g/mol. The number of aromatic nitrogens is 3. The van der Waals surface area contributed by atoms with E-state index in [1.165, 1.54) is 59.4 Å². The van der Waals surface area contributed by atoms with Gasteiger partial charge in [-0.05, 0) is 108 Å². The molecule has 0 saturated heterocycles. The zero-order valence-electron chi connectivity index (χ0n) is 29.2. The monoisotopic (exact) mass is 708 g/mol. The van der Waals surface area contributed by atoms with Crippen molar-refractivity contribution in [2.24, 2.45) is 0 Å². The summed E-state index contributed by atoms with van der Waals surface area (Å²) in [6.07, 6.45) is 0. The molecule has 0 N–H and O–H groups in total. The molecule has 254 valence electrons. The molecule has 0 spiro atoms. The van der Waals surface area contributed by atoms with Crippen LogP contribution in [-0.2, 0) is 0 Å². The van der Waals surface area contributed by atoms with Crippen molar-refractivity contribution in [3.63, 3.8) is 0 Å². The van der Waals surface area contributed by atoms with E-state index in [0.29, 0.717) is 0 Å². The number of hydrogen-bond donors (Lipinski definition) is 0. The average molecular weight is 709 g/mol. The van der Waals surface area contributed by atoms with Crippen molar-refractivity contribution in [3.8, 4) is 21.9 Å². The third-order valence-electron chi connectivity index (χ3n) is 10.5. The topological polar surface area (TPSA) is 26.0 Å². The van der Waals surface area contributed by atoms with Gasteiger partial charge in [-0.2, -0.15) is 0 Å². The van der Waals surface area contributed by atoms with E-state index in [1.807, 2.05) is 0 Å². The second kappa shape index (κ2) is 12.3. The summed E-state index contributed by atoms with van der Waals surface area (Å²) >= 11 is 1.74. The van der Waals surface area contributed by atoms with Crippen molar-refractivity contribution in [1.29, 1.82) is 0 Å². The summed E-state index contributed by atoms with van der Waals surface area (Å²) in [5, 5.41) is 5.92. The molecule has 0 aliphatic heterocycles. The fourth-order valence-corrected chi connectivity index (χ4v) is 9.09. The molecule has 0 atom stereocenters. The third kappa shape index (κ3) is 4.86. The maximum atomic E-state index is 5.04. The van der Waals surface area contributed by atoms with E-state index < -0.39 is 0 Å². The summed E-state index contributed by atoms with van der Waals surface area (Å²) < 4.78 is 5.91. The normalized spacial score (nSPS) is 11.7. The van der Waals surface area contributed by atoms with Crippen molar-refractivity contribution in [3.05, 3.63) is 194 Å². The summed E-state index contributed by atoms with van der Waals surface area (Å²) in [5.41, 5.74) is 12.6. The van der Waals surface area contributed by atoms with Gasteiger partial charge in [0.15, 0.2) is 5.13 Å². The first kappa shape index (κ1) is 30.7. The van der Waals surface area contributed by atoms with Crippen LogP contribution in [0.4, 0.5) is 17.1 Å². The van der Waals surface area contributed by atoms with Crippen LogP contribution in [0.3, 0.4) is 0 Å². The lowest BCUT2D eigenvalue weighted by atomic mass is 10.0. The van der Waals surface area contributed by atoms with Crippen LogP contribution in [0.1, 0.15) is 0 Å². The van der Waals surface area contributed by atoms with Gasteiger partial charge in [-0.15, -0.1) is 0 Å². The first-order valence-corrected chi connectivity index (χ1v) is 19.0. The van der Waals surface area contributed by atoms with Crippen LogP contribution in [0.5, 0.6) is 0 Å². The van der Waals surface area contributed by atoms with Gasteiger partial charge in [-0.1, -0.05) is 108 Å². The summed E-state index contributed by atoms with van der Waals surface area (Å²) in [5.74, 6) is 0. The molecule has 8 aromatic carbocycles. The highest BCUT2D eigenvalue weighted by atomic mass is 32.1. The van der Waals surface area contributed by atoms with Crippen LogP contribution < -0.4 is 4.90 Å². The fraction of sp³-hybridized carbons (Fsp3) is 0. The van der Waals surface area contributed by atoms with Crippen molar-refractivity contribution < 1.29 is 0 Å². The Balaban J connectivity index is 1.02. The lowest BCUT2D eigenvalue weighted by molar-refractivity contribution is 1.15. The Bertz CT molecular complexity index is 3080. The van der Waals surface area contributed by atoms with Crippen LogP contribution >= 0.6 is 11.3 Å². The number of fused-ring (bicyclic) bond motifs is 7. The summed E-state index contributed by atoms with van der Waals surface area (Å²) in [6, 6.07) is 69.6. The molecule has 5 heteroatoms. The van der Waals surface area contributed by atoms with Crippen molar-refractivity contribution in [2.75, 3.05) is 4.90 Å². The summed E-state index contributed by atoms with van der Waals surface area (Å²) in [6.45, 7) is 0. The van der Waals surface area contributed by atoms with E-state index in [0.717, 1.165) is 33.4 Å². The van der Waals surface area contributed by atoms with Crippen LogP contribution in [0.15, 0.2) is 194 Å². The SMILES string of the molecule is c1ccc(N(c2ccccc2)c2ccc(-n3c4ccccc4c4cc(-c5ccc6c(c5)c5ccccc5n6-c5nc6ccccc6s5)ccc43)cc2)cc1. The Morgan fingerprint density at radius 1 is 0.389 bits per heavy atom. The zero-order valence-corrected chi connectivity index (χ0v) is 30.0. The third-order valence-corrected chi connectivity index (χ3v) is 11.6. The van der Waals surface area contributed by atoms with Crippen LogP contribution in [0.2, 0.25) is 0 Å². The number of thiazole rings is 1. The van der Waals surface area contributed by atoms with Gasteiger partial charge in [0.25, 0.3) is 0 Å². The molecule has 0 radical (unpaired) electrons. The quantitative estimate of drug-likeness (QED) is 0.172. The van der Waals surface area contributed by atoms with E-state index in [-0.39, 0.29) is 0 Å². The number of anilines is 3. The molecule has 54 heavy (non-hydrogen) atoms. The zero-order chi connectivity index (χ0) is 35.6. The second-order valence-corrected chi connectivity index (χ2v) is 14.7. The molecule has 0 aliphatic carbocycles. The molecule has 0 unspecified atom stereocenters. The van der Waals surface area contributed by atoms with Crippen molar-refractivity contribution >= 4 is 82.2 Å². The minimum Gasteiger partial charge on any atom is -0.311 e. The minimum atomic E-state index is 0.991. The highest BCUT2D eigenvalue weighted by Crippen LogP contribution is 2.40. The van der Waals surface area contributed by atoms with Crippen molar-refractivity contribution in [2.45, 2.75) is 0 Å². The molecule has 11 rings (SSSR count). The number of nitrogens with zero attached hydrogens (tertiary/aromatic N) is 4. The largest absolute Gasteiger partial charge is 0.311 e. The highest BCUT2D eigenvalue weighted by Gasteiger charge is 2.18.